The van der Waals surface area contributed by atoms with E-state index >= 15 is 0 Å². The number of hydrogen-bond donors (Lipinski definition) is 0. The van der Waals surface area contributed by atoms with E-state index in [1.54, 1.807) is 23.5 Å². The van der Waals surface area contributed by atoms with Crippen molar-refractivity contribution in [1.82, 2.24) is 14.5 Å². The molecule has 5 aromatic carbocycles. The summed E-state index contributed by atoms with van der Waals surface area (Å²) in [6.45, 7) is 2.28. The van der Waals surface area contributed by atoms with Gasteiger partial charge in [0.05, 0.1) is 16.9 Å². The molecule has 8 rings (SSSR count). The van der Waals surface area contributed by atoms with Crippen molar-refractivity contribution < 1.29 is 24.2 Å². The van der Waals surface area contributed by atoms with Crippen LogP contribution >= 0.6 is 11.3 Å². The van der Waals surface area contributed by atoms with E-state index in [-0.39, 0.29) is 26.1 Å². The SMILES string of the molecule is [2H]C([2H])([2H])c1ccc(-c2ccc3sc4c(-c5nc6ccccc6n5C(C)C)[c-]ccc4c3c2)cc1.[CH3][Ge]([CH3])([CH3])[c]1ccc(-c2[c-]cccc2)nc1.[Ir]. The normalized spacial score (nSPS) is 12.7. The Kier molecular flexibility index (Phi) is 9.24. The number of pyridine rings is 1. The number of hydrogen-bond acceptors (Lipinski definition) is 3. The summed E-state index contributed by atoms with van der Waals surface area (Å²) < 4.78 is 29.0. The Morgan fingerprint density at radius 2 is 1.57 bits per heavy atom. The van der Waals surface area contributed by atoms with Crippen LogP contribution in [0.15, 0.2) is 121 Å². The fourth-order valence-electron chi connectivity index (χ4n) is 6.04. The summed E-state index contributed by atoms with van der Waals surface area (Å²) in [5, 5.41) is 2.37. The zero-order chi connectivity index (χ0) is 35.9. The quantitative estimate of drug-likeness (QED) is 0.127. The van der Waals surface area contributed by atoms with Crippen molar-refractivity contribution in [1.29, 1.82) is 0 Å². The summed E-state index contributed by atoms with van der Waals surface area (Å²) in [5.74, 6) is 8.08. The van der Waals surface area contributed by atoms with E-state index < -0.39 is 20.1 Å². The standard InChI is InChI=1S/C29H23N2S.C14H16GeN.Ir/c1-18(2)31-26-10-5-4-9-25(26)30-29(31)23-8-6-7-22-24-17-21(15-16-27(24)32-28(22)23)20-13-11-19(3)12-14-20;1-15(2,3)13-9-10-14(16-11-13)12-7-5-4-6-8-12;/h4-7,9-18H,1-3H3;4-7,9-11H,1-3H3;/q2*-1;/i3D3;;. The molecule has 1 radical (unpaired) electrons. The largest absolute Gasteiger partial charge is 0 e. The van der Waals surface area contributed by atoms with E-state index in [0.717, 1.165) is 44.8 Å². The fraction of sp³-hybridized carbons (Fsp3) is 0.163. The molecular weight excluding hydrogens is 855 g/mol. The van der Waals surface area contributed by atoms with E-state index in [4.69, 9.17) is 9.10 Å². The Bertz CT molecular complexity index is 2460. The second kappa shape index (κ2) is 14.5. The molecule has 3 heterocycles. The Morgan fingerprint density at radius 1 is 0.796 bits per heavy atom. The Morgan fingerprint density at radius 3 is 2.27 bits per heavy atom. The van der Waals surface area contributed by atoms with Crippen LogP contribution in [0.5, 0.6) is 0 Å². The van der Waals surface area contributed by atoms with E-state index in [9.17, 15) is 0 Å². The van der Waals surface area contributed by atoms with Gasteiger partial charge in [-0.2, -0.15) is 11.3 Å². The number of para-hydroxylation sites is 2. The van der Waals surface area contributed by atoms with E-state index in [0.29, 0.717) is 5.56 Å². The zero-order valence-electron chi connectivity index (χ0n) is 31.2. The predicted octanol–water partition coefficient (Wildman–Crippen LogP) is 11.5. The van der Waals surface area contributed by atoms with Crippen molar-refractivity contribution in [3.8, 4) is 33.8 Å². The van der Waals surface area contributed by atoms with Gasteiger partial charge in [-0.25, -0.2) is 0 Å². The summed E-state index contributed by atoms with van der Waals surface area (Å²) in [5.41, 5.74) is 7.65. The number of aromatic nitrogens is 3. The van der Waals surface area contributed by atoms with Crippen LogP contribution < -0.4 is 4.40 Å². The van der Waals surface area contributed by atoms with Crippen LogP contribution in [0.4, 0.5) is 0 Å². The third-order valence-electron chi connectivity index (χ3n) is 8.60. The summed E-state index contributed by atoms with van der Waals surface area (Å²) in [6.07, 6.45) is 2.04. The molecule has 0 N–H and O–H groups in total. The van der Waals surface area contributed by atoms with Gasteiger partial charge in [0.15, 0.2) is 0 Å². The van der Waals surface area contributed by atoms with Crippen molar-refractivity contribution in [2.75, 3.05) is 0 Å². The first-order valence-corrected chi connectivity index (χ1v) is 24.4. The molecule has 3 aromatic heterocycles. The minimum Gasteiger partial charge on any atom is 0 e. The number of aryl methyl sites for hydroxylation is 1. The minimum absolute atomic E-state index is 0. The van der Waals surface area contributed by atoms with Crippen LogP contribution in [0.1, 0.15) is 29.6 Å². The molecule has 0 aliphatic heterocycles. The van der Waals surface area contributed by atoms with E-state index in [1.165, 1.54) is 24.6 Å². The third-order valence-corrected chi connectivity index (χ3v) is 14.1. The zero-order valence-corrected chi connectivity index (χ0v) is 33.5. The van der Waals surface area contributed by atoms with Crippen LogP contribution in [-0.4, -0.2) is 27.8 Å². The van der Waals surface area contributed by atoms with Gasteiger partial charge >= 0.3 is 99.8 Å². The van der Waals surface area contributed by atoms with E-state index in [1.807, 2.05) is 54.7 Å². The first-order chi connectivity index (χ1) is 24.4. The number of fused-ring (bicyclic) bond motifs is 4. The first-order valence-electron chi connectivity index (χ1n) is 17.8. The smallest absolute Gasteiger partial charge is 0 e. The third kappa shape index (κ3) is 7.22. The van der Waals surface area contributed by atoms with Gasteiger partial charge in [0.1, 0.15) is 0 Å². The van der Waals surface area contributed by atoms with Gasteiger partial charge < -0.3 is 4.57 Å². The average molecular weight is 898 g/mol. The van der Waals surface area contributed by atoms with Crippen LogP contribution in [0, 0.1) is 19.0 Å². The molecule has 0 unspecified atom stereocenters. The van der Waals surface area contributed by atoms with Crippen molar-refractivity contribution >= 4 is 60.2 Å². The molecule has 0 fully saturated rings. The van der Waals surface area contributed by atoms with Gasteiger partial charge in [0.25, 0.3) is 0 Å². The summed E-state index contributed by atoms with van der Waals surface area (Å²) in [4.78, 5) is 9.54. The van der Waals surface area contributed by atoms with Crippen LogP contribution in [-0.2, 0) is 20.1 Å². The maximum absolute atomic E-state index is 7.62. The Hall–Kier alpha value is -3.87. The van der Waals surface area contributed by atoms with Gasteiger partial charge in [0.2, 0.25) is 0 Å². The van der Waals surface area contributed by atoms with Gasteiger partial charge in [-0.3, -0.25) is 4.98 Å². The minimum atomic E-state index is -2.09. The van der Waals surface area contributed by atoms with Gasteiger partial charge in [-0.05, 0) is 66.2 Å². The first kappa shape index (κ1) is 31.1. The van der Waals surface area contributed by atoms with Crippen LogP contribution in [0.3, 0.4) is 0 Å². The molecule has 0 spiro atoms. The second-order valence-corrected chi connectivity index (χ2v) is 25.0. The van der Waals surface area contributed by atoms with Gasteiger partial charge in [-0.1, -0.05) is 59.0 Å². The fourth-order valence-corrected chi connectivity index (χ4v) is 9.39. The Balaban J connectivity index is 0.000000230. The van der Waals surface area contributed by atoms with Crippen molar-refractivity contribution in [3.63, 3.8) is 0 Å². The molecule has 0 atom stereocenters. The topological polar surface area (TPSA) is 30.7 Å². The molecule has 6 heteroatoms. The molecule has 247 valence electrons. The number of benzene rings is 5. The molecule has 0 amide bonds. The molecule has 49 heavy (non-hydrogen) atoms. The second-order valence-electron chi connectivity index (χ2n) is 13.3. The Labute approximate surface area is 314 Å². The molecule has 0 aliphatic carbocycles. The molecule has 8 aromatic rings. The maximum Gasteiger partial charge on any atom is 0 e. The van der Waals surface area contributed by atoms with Crippen LogP contribution in [0.25, 0.3) is 65.0 Å². The molecule has 0 saturated carbocycles. The molecule has 0 saturated heterocycles. The van der Waals surface area contributed by atoms with Crippen molar-refractivity contribution in [2.24, 2.45) is 0 Å². The monoisotopic (exact) mass is 899 g/mol. The van der Waals surface area contributed by atoms with Crippen molar-refractivity contribution in [2.45, 2.75) is 44.0 Å². The molecule has 0 aliphatic rings. The van der Waals surface area contributed by atoms with Crippen LogP contribution in [0.2, 0.25) is 17.3 Å². The van der Waals surface area contributed by atoms with Gasteiger partial charge in [-0.15, -0.1) is 18.2 Å². The molecule has 3 nitrogen and oxygen atoms in total. The van der Waals surface area contributed by atoms with Crippen molar-refractivity contribution in [3.05, 3.63) is 139 Å². The summed E-state index contributed by atoms with van der Waals surface area (Å²) >= 11 is 0.0483. The summed E-state index contributed by atoms with van der Waals surface area (Å²) in [7, 11) is 0. The summed E-state index contributed by atoms with van der Waals surface area (Å²) in [6, 6.07) is 45.3. The number of imidazole rings is 1. The van der Waals surface area contributed by atoms with E-state index in [2.05, 4.69) is 107 Å². The number of thiophene rings is 1. The predicted molar refractivity (Wildman–Crippen MR) is 209 cm³/mol. The number of rotatable bonds is 5. The number of nitrogens with zero attached hydrogens (tertiary/aromatic N) is 3. The maximum atomic E-state index is 7.62. The average Bonchev–Trinajstić information content (AvgIpc) is 3.70. The van der Waals surface area contributed by atoms with Gasteiger partial charge in [0, 0.05) is 35.0 Å². The molecule has 0 bridgehead atoms. The molecular formula is C43H39GeIrN3S-2.